The maximum Gasteiger partial charge on any atom is 0.218 e. The summed E-state index contributed by atoms with van der Waals surface area (Å²) in [7, 11) is 0. The third-order valence-electron chi connectivity index (χ3n) is 2.66. The van der Waals surface area contributed by atoms with E-state index in [0.29, 0.717) is 6.42 Å². The molecule has 68 valence electrons. The number of carbonyl (C=O) groups is 1. The molecule has 0 radical (unpaired) electrons. The largest absolute Gasteiger partial charge is 0.372 e. The van der Waals surface area contributed by atoms with E-state index in [1.54, 1.807) is 0 Å². The summed E-state index contributed by atoms with van der Waals surface area (Å²) in [5, 5.41) is 0. The molecule has 0 aromatic carbocycles. The summed E-state index contributed by atoms with van der Waals surface area (Å²) in [4.78, 5) is 12.7. The maximum atomic E-state index is 10.5. The molecular formula is C8H14N2O2. The number of primary amides is 1. The van der Waals surface area contributed by atoms with E-state index in [1.807, 2.05) is 0 Å². The summed E-state index contributed by atoms with van der Waals surface area (Å²) in [6, 6.07) is 0. The molecule has 2 N–H and O–H groups in total. The standard InChI is InChI=1S/C8H14N2O2/c9-7(11)1-3-10-5-8(6-10)2-4-12-8/h1-6H2,(H2,9,11). The van der Waals surface area contributed by atoms with Gasteiger partial charge in [0.15, 0.2) is 0 Å². The molecule has 1 spiro atoms. The summed E-state index contributed by atoms with van der Waals surface area (Å²) in [5.74, 6) is -0.217. The number of ether oxygens (including phenoxy) is 1. The summed E-state index contributed by atoms with van der Waals surface area (Å²) < 4.78 is 5.43. The molecule has 2 aliphatic heterocycles. The van der Waals surface area contributed by atoms with Crippen molar-refractivity contribution in [3.8, 4) is 0 Å². The van der Waals surface area contributed by atoms with Crippen LogP contribution in [0.25, 0.3) is 0 Å². The van der Waals surface area contributed by atoms with Crippen molar-refractivity contribution in [3.05, 3.63) is 0 Å². The Morgan fingerprint density at radius 2 is 2.25 bits per heavy atom. The third-order valence-corrected chi connectivity index (χ3v) is 2.66. The topological polar surface area (TPSA) is 55.6 Å². The summed E-state index contributed by atoms with van der Waals surface area (Å²) in [5.41, 5.74) is 5.21. The molecule has 0 aromatic heterocycles. The Morgan fingerprint density at radius 3 is 2.67 bits per heavy atom. The second kappa shape index (κ2) is 2.71. The second-order valence-electron chi connectivity index (χ2n) is 3.71. The van der Waals surface area contributed by atoms with Crippen LogP contribution in [0.5, 0.6) is 0 Å². The zero-order valence-electron chi connectivity index (χ0n) is 7.08. The first kappa shape index (κ1) is 8.01. The molecule has 0 aromatic rings. The van der Waals surface area contributed by atoms with Gasteiger partial charge in [-0.05, 0) is 0 Å². The van der Waals surface area contributed by atoms with Gasteiger partial charge in [-0.25, -0.2) is 0 Å². The zero-order valence-corrected chi connectivity index (χ0v) is 7.08. The normalized spacial score (nSPS) is 26.3. The molecular weight excluding hydrogens is 156 g/mol. The van der Waals surface area contributed by atoms with Crippen LogP contribution in [0.3, 0.4) is 0 Å². The molecule has 0 aliphatic carbocycles. The molecule has 4 heteroatoms. The van der Waals surface area contributed by atoms with Gasteiger partial charge < -0.3 is 10.5 Å². The van der Waals surface area contributed by atoms with Crippen LogP contribution >= 0.6 is 0 Å². The first-order chi connectivity index (χ1) is 5.70. The lowest BCUT2D eigenvalue weighted by atomic mass is 9.86. The lowest BCUT2D eigenvalue weighted by molar-refractivity contribution is -0.221. The fourth-order valence-corrected chi connectivity index (χ4v) is 1.84. The van der Waals surface area contributed by atoms with Gasteiger partial charge in [0.1, 0.15) is 0 Å². The highest BCUT2D eigenvalue weighted by atomic mass is 16.5. The zero-order chi connectivity index (χ0) is 8.60. The molecule has 2 heterocycles. The van der Waals surface area contributed by atoms with E-state index in [1.165, 1.54) is 6.42 Å². The number of hydrogen-bond donors (Lipinski definition) is 1. The molecule has 0 atom stereocenters. The van der Waals surface area contributed by atoms with Crippen molar-refractivity contribution < 1.29 is 9.53 Å². The molecule has 2 rings (SSSR count). The first-order valence-corrected chi connectivity index (χ1v) is 4.35. The van der Waals surface area contributed by atoms with Crippen molar-refractivity contribution in [1.82, 2.24) is 4.90 Å². The highest BCUT2D eigenvalue weighted by Crippen LogP contribution is 2.35. The molecule has 12 heavy (non-hydrogen) atoms. The molecule has 0 saturated carbocycles. The minimum Gasteiger partial charge on any atom is -0.372 e. The smallest absolute Gasteiger partial charge is 0.218 e. The van der Waals surface area contributed by atoms with Crippen molar-refractivity contribution in [2.45, 2.75) is 18.4 Å². The Kier molecular flexibility index (Phi) is 1.81. The molecule has 2 fully saturated rings. The van der Waals surface area contributed by atoms with Crippen molar-refractivity contribution >= 4 is 5.91 Å². The van der Waals surface area contributed by atoms with Gasteiger partial charge in [-0.3, -0.25) is 9.69 Å². The van der Waals surface area contributed by atoms with Gasteiger partial charge in [0, 0.05) is 32.5 Å². The van der Waals surface area contributed by atoms with Crippen LogP contribution in [0.4, 0.5) is 0 Å². The van der Waals surface area contributed by atoms with Crippen molar-refractivity contribution in [1.29, 1.82) is 0 Å². The Labute approximate surface area is 71.7 Å². The van der Waals surface area contributed by atoms with Crippen LogP contribution in [0, 0.1) is 0 Å². The average molecular weight is 170 g/mol. The third kappa shape index (κ3) is 1.32. The van der Waals surface area contributed by atoms with Crippen molar-refractivity contribution in [2.75, 3.05) is 26.2 Å². The van der Waals surface area contributed by atoms with Gasteiger partial charge in [-0.1, -0.05) is 0 Å². The van der Waals surface area contributed by atoms with E-state index in [4.69, 9.17) is 10.5 Å². The fraction of sp³-hybridized carbons (Fsp3) is 0.875. The van der Waals surface area contributed by atoms with Crippen LogP contribution in [-0.2, 0) is 9.53 Å². The van der Waals surface area contributed by atoms with Crippen molar-refractivity contribution in [2.24, 2.45) is 5.73 Å². The predicted octanol–water partition coefficient (Wildman–Crippen LogP) is -0.663. The van der Waals surface area contributed by atoms with Crippen LogP contribution in [0.2, 0.25) is 0 Å². The highest BCUT2D eigenvalue weighted by molar-refractivity contribution is 5.73. The van der Waals surface area contributed by atoms with E-state index in [2.05, 4.69) is 4.90 Å². The van der Waals surface area contributed by atoms with Gasteiger partial charge in [0.25, 0.3) is 0 Å². The van der Waals surface area contributed by atoms with Gasteiger partial charge >= 0.3 is 0 Å². The van der Waals surface area contributed by atoms with Crippen LogP contribution < -0.4 is 5.73 Å². The number of hydrogen-bond acceptors (Lipinski definition) is 3. The minimum atomic E-state index is -0.217. The lowest BCUT2D eigenvalue weighted by Gasteiger charge is -2.55. The first-order valence-electron chi connectivity index (χ1n) is 4.35. The average Bonchev–Trinajstić information content (AvgIpc) is 1.79. The summed E-state index contributed by atoms with van der Waals surface area (Å²) in [6.45, 7) is 3.67. The minimum absolute atomic E-state index is 0.178. The number of likely N-dealkylation sites (tertiary alicyclic amines) is 1. The van der Waals surface area contributed by atoms with Gasteiger partial charge in [-0.15, -0.1) is 0 Å². The van der Waals surface area contributed by atoms with Gasteiger partial charge in [0.05, 0.1) is 12.2 Å². The predicted molar refractivity (Wildman–Crippen MR) is 43.6 cm³/mol. The van der Waals surface area contributed by atoms with Crippen LogP contribution in [0.1, 0.15) is 12.8 Å². The Morgan fingerprint density at radius 1 is 1.58 bits per heavy atom. The number of amides is 1. The number of nitrogens with two attached hydrogens (primary N) is 1. The quantitative estimate of drug-likeness (QED) is 0.611. The monoisotopic (exact) mass is 170 g/mol. The van der Waals surface area contributed by atoms with E-state index >= 15 is 0 Å². The number of rotatable bonds is 3. The van der Waals surface area contributed by atoms with E-state index in [-0.39, 0.29) is 11.5 Å². The van der Waals surface area contributed by atoms with Crippen LogP contribution in [-0.4, -0.2) is 42.6 Å². The Bertz CT molecular complexity index is 193. The molecule has 2 aliphatic rings. The molecule has 1 amide bonds. The van der Waals surface area contributed by atoms with E-state index in [9.17, 15) is 4.79 Å². The second-order valence-corrected chi connectivity index (χ2v) is 3.71. The van der Waals surface area contributed by atoms with Crippen LogP contribution in [0.15, 0.2) is 0 Å². The fourth-order valence-electron chi connectivity index (χ4n) is 1.84. The maximum absolute atomic E-state index is 10.5. The molecule has 0 unspecified atom stereocenters. The van der Waals surface area contributed by atoms with Crippen molar-refractivity contribution in [3.63, 3.8) is 0 Å². The van der Waals surface area contributed by atoms with Gasteiger partial charge in [-0.2, -0.15) is 0 Å². The molecule has 4 nitrogen and oxygen atoms in total. The summed E-state index contributed by atoms with van der Waals surface area (Å²) >= 11 is 0. The Balaban J connectivity index is 1.64. The molecule has 2 saturated heterocycles. The number of nitrogens with zero attached hydrogens (tertiary/aromatic N) is 1. The van der Waals surface area contributed by atoms with Gasteiger partial charge in [0.2, 0.25) is 5.91 Å². The lowest BCUT2D eigenvalue weighted by Crippen LogP contribution is -2.68. The van der Waals surface area contributed by atoms with E-state index < -0.39 is 0 Å². The Hall–Kier alpha value is -0.610. The van der Waals surface area contributed by atoms with E-state index in [0.717, 1.165) is 26.2 Å². The summed E-state index contributed by atoms with van der Waals surface area (Å²) in [6.07, 6.45) is 1.65. The molecule has 0 bridgehead atoms. The SMILES string of the molecule is NC(=O)CCN1CC2(CCO2)C1. The highest BCUT2D eigenvalue weighted by Gasteiger charge is 2.48. The number of carbonyl (C=O) groups excluding carboxylic acids is 1.